The molecular formula is C35H36N4O7. The van der Waals surface area contributed by atoms with E-state index in [1.807, 2.05) is 35.2 Å². The highest BCUT2D eigenvalue weighted by atomic mass is 16.6. The van der Waals surface area contributed by atoms with Crippen LogP contribution < -0.4 is 18.9 Å². The summed E-state index contributed by atoms with van der Waals surface area (Å²) in [7, 11) is 0. The van der Waals surface area contributed by atoms with Crippen molar-refractivity contribution in [3.8, 4) is 23.3 Å². The fourth-order valence-corrected chi connectivity index (χ4v) is 5.73. The summed E-state index contributed by atoms with van der Waals surface area (Å²) in [5.41, 5.74) is 3.94. The van der Waals surface area contributed by atoms with E-state index in [4.69, 9.17) is 23.7 Å². The number of carbonyl (C=O) groups is 2. The number of rotatable bonds is 5. The van der Waals surface area contributed by atoms with Gasteiger partial charge in [0.25, 0.3) is 11.8 Å². The third-order valence-electron chi connectivity index (χ3n) is 8.16. The normalized spacial score (nSPS) is 21.1. The maximum atomic E-state index is 11.6. The molecule has 0 unspecified atom stereocenters. The number of fused-ring (bicyclic) bond motifs is 3. The second-order valence-corrected chi connectivity index (χ2v) is 11.1. The summed E-state index contributed by atoms with van der Waals surface area (Å²) in [6.07, 6.45) is 3.68. The first-order chi connectivity index (χ1) is 22.1. The van der Waals surface area contributed by atoms with Crippen LogP contribution in [0.4, 0.5) is 4.79 Å². The van der Waals surface area contributed by atoms with Crippen molar-refractivity contribution in [3.05, 3.63) is 107 Å². The number of amides is 1. The number of pyridine rings is 2. The number of nitrogens with zero attached hydrogens (tertiary/aromatic N) is 4. The second kappa shape index (κ2) is 13.9. The Morgan fingerprint density at radius 1 is 0.739 bits per heavy atom. The van der Waals surface area contributed by atoms with E-state index in [9.17, 15) is 9.59 Å². The summed E-state index contributed by atoms with van der Waals surface area (Å²) in [5, 5.41) is 0. The largest absolute Gasteiger partial charge is 0.484 e. The van der Waals surface area contributed by atoms with Gasteiger partial charge in [0.15, 0.2) is 23.7 Å². The minimum atomic E-state index is -0.187. The molecule has 6 heterocycles. The highest BCUT2D eigenvalue weighted by molar-refractivity contribution is 5.74. The Labute approximate surface area is 267 Å². The van der Waals surface area contributed by atoms with E-state index < -0.39 is 0 Å². The van der Waals surface area contributed by atoms with Crippen molar-refractivity contribution >= 4 is 12.4 Å². The van der Waals surface area contributed by atoms with Crippen LogP contribution in [0.25, 0.3) is 0 Å². The molecule has 4 aliphatic rings. The Hall–Kier alpha value is -5.16. The van der Waals surface area contributed by atoms with Gasteiger partial charge in [-0.1, -0.05) is 56.0 Å². The molecule has 2 saturated heterocycles. The molecule has 46 heavy (non-hydrogen) atoms. The average Bonchev–Trinajstić information content (AvgIpc) is 3.48. The van der Waals surface area contributed by atoms with Crippen LogP contribution in [0.5, 0.6) is 23.3 Å². The van der Waals surface area contributed by atoms with Gasteiger partial charge in [0.1, 0.15) is 26.1 Å². The predicted molar refractivity (Wildman–Crippen MR) is 168 cm³/mol. The molecule has 11 nitrogen and oxygen atoms in total. The van der Waals surface area contributed by atoms with Crippen LogP contribution in [0.3, 0.4) is 0 Å². The molecule has 4 aromatic rings. The van der Waals surface area contributed by atoms with Gasteiger partial charge in [0, 0.05) is 44.1 Å². The Morgan fingerprint density at radius 2 is 1.33 bits per heavy atom. The van der Waals surface area contributed by atoms with Crippen molar-refractivity contribution in [2.45, 2.75) is 32.2 Å². The summed E-state index contributed by atoms with van der Waals surface area (Å²) in [4.78, 5) is 34.8. The van der Waals surface area contributed by atoms with Gasteiger partial charge in [-0.05, 0) is 41.0 Å². The molecular weight excluding hydrogens is 588 g/mol. The minimum absolute atomic E-state index is 0. The van der Waals surface area contributed by atoms with Crippen LogP contribution in [-0.4, -0.2) is 77.6 Å². The van der Waals surface area contributed by atoms with Gasteiger partial charge in [-0.2, -0.15) is 0 Å². The lowest BCUT2D eigenvalue weighted by Gasteiger charge is -2.35. The van der Waals surface area contributed by atoms with E-state index in [0.29, 0.717) is 48.6 Å². The Kier molecular flexibility index (Phi) is 9.30. The number of hydrogen-bond acceptors (Lipinski definition) is 10. The van der Waals surface area contributed by atoms with Crippen molar-refractivity contribution < 1.29 is 33.3 Å². The molecule has 2 aromatic carbocycles. The molecule has 1 amide bonds. The molecule has 2 aromatic heterocycles. The van der Waals surface area contributed by atoms with Crippen molar-refractivity contribution in [1.82, 2.24) is 19.8 Å². The molecule has 2 fully saturated rings. The smallest absolute Gasteiger partial charge is 0.410 e. The number of benzene rings is 2. The Balaban J connectivity index is 0.000000171. The standard InChI is InChI=1S/C20H21N3O4.C14H11NO3.CH4/c24-20-23-9-8-22(11-16(23)12-26-20)10-14-3-5-15(6-4-14)18-13-25-17-2-1-7-21-19(17)27-18;16-8-10-3-5-11(6-4-10)13-9-17-12-2-1-7-15-14(12)18-13;/h1-7,16,18H,8-13H2;1-8,13H,9H2;1H4/t16-,18-;13-;/m11./s1. The van der Waals surface area contributed by atoms with Crippen LogP contribution in [0.15, 0.2) is 85.2 Å². The lowest BCUT2D eigenvalue weighted by atomic mass is 10.1. The van der Waals surface area contributed by atoms with Gasteiger partial charge < -0.3 is 23.7 Å². The molecule has 11 heteroatoms. The molecule has 3 atom stereocenters. The van der Waals surface area contributed by atoms with Crippen molar-refractivity contribution in [2.24, 2.45) is 0 Å². The molecule has 8 rings (SSSR count). The number of cyclic esters (lactones) is 1. The summed E-state index contributed by atoms with van der Waals surface area (Å²) < 4.78 is 28.2. The van der Waals surface area contributed by atoms with E-state index >= 15 is 0 Å². The first kappa shape index (κ1) is 30.8. The van der Waals surface area contributed by atoms with Crippen molar-refractivity contribution in [2.75, 3.05) is 39.5 Å². The summed E-state index contributed by atoms with van der Waals surface area (Å²) in [6.45, 7) is 4.76. The quantitative estimate of drug-likeness (QED) is 0.272. The summed E-state index contributed by atoms with van der Waals surface area (Å²) in [5.74, 6) is 2.41. The number of carbonyl (C=O) groups excluding carboxylic acids is 2. The van der Waals surface area contributed by atoms with Gasteiger partial charge in [-0.3, -0.25) is 14.6 Å². The van der Waals surface area contributed by atoms with Gasteiger partial charge >= 0.3 is 6.09 Å². The molecule has 4 aliphatic heterocycles. The average molecular weight is 625 g/mol. The van der Waals surface area contributed by atoms with Gasteiger partial charge in [-0.25, -0.2) is 14.8 Å². The van der Waals surface area contributed by atoms with Gasteiger partial charge in [-0.15, -0.1) is 0 Å². The van der Waals surface area contributed by atoms with Crippen LogP contribution in [0.1, 0.15) is 46.7 Å². The maximum Gasteiger partial charge on any atom is 0.410 e. The zero-order valence-corrected chi connectivity index (χ0v) is 24.5. The Morgan fingerprint density at radius 3 is 1.91 bits per heavy atom. The highest BCUT2D eigenvalue weighted by Crippen LogP contribution is 2.35. The van der Waals surface area contributed by atoms with E-state index in [1.165, 1.54) is 5.56 Å². The molecule has 0 radical (unpaired) electrons. The lowest BCUT2D eigenvalue weighted by Crippen LogP contribution is -2.51. The number of aldehydes is 1. The number of hydrogen-bond donors (Lipinski definition) is 0. The van der Waals surface area contributed by atoms with Crippen LogP contribution in [0, 0.1) is 0 Å². The van der Waals surface area contributed by atoms with E-state index in [2.05, 4.69) is 39.1 Å². The molecule has 0 saturated carbocycles. The molecule has 0 bridgehead atoms. The molecule has 238 valence electrons. The van der Waals surface area contributed by atoms with Crippen LogP contribution in [0.2, 0.25) is 0 Å². The molecule has 0 N–H and O–H groups in total. The fraction of sp³-hybridized carbons (Fsp3) is 0.314. The fourth-order valence-electron chi connectivity index (χ4n) is 5.73. The van der Waals surface area contributed by atoms with Crippen LogP contribution in [-0.2, 0) is 11.3 Å². The van der Waals surface area contributed by atoms with Gasteiger partial charge in [0.2, 0.25) is 0 Å². The zero-order chi connectivity index (χ0) is 30.6. The number of piperazine rings is 1. The number of aromatic nitrogens is 2. The van der Waals surface area contributed by atoms with Gasteiger partial charge in [0.05, 0.1) is 6.04 Å². The second-order valence-electron chi connectivity index (χ2n) is 11.1. The minimum Gasteiger partial charge on any atom is -0.484 e. The monoisotopic (exact) mass is 624 g/mol. The zero-order valence-electron chi connectivity index (χ0n) is 24.5. The number of ether oxygens (including phenoxy) is 5. The third-order valence-corrected chi connectivity index (χ3v) is 8.16. The Bertz CT molecular complexity index is 1650. The topological polar surface area (TPSA) is 113 Å². The van der Waals surface area contributed by atoms with Crippen molar-refractivity contribution in [1.29, 1.82) is 0 Å². The summed E-state index contributed by atoms with van der Waals surface area (Å²) >= 11 is 0. The van der Waals surface area contributed by atoms with Crippen molar-refractivity contribution in [3.63, 3.8) is 0 Å². The highest BCUT2D eigenvalue weighted by Gasteiger charge is 2.37. The van der Waals surface area contributed by atoms with E-state index in [-0.39, 0.29) is 31.8 Å². The molecule has 0 aliphatic carbocycles. The predicted octanol–water partition coefficient (Wildman–Crippen LogP) is 5.27. The van der Waals surface area contributed by atoms with Crippen LogP contribution >= 0.6 is 0 Å². The maximum absolute atomic E-state index is 11.6. The van der Waals surface area contributed by atoms with E-state index in [0.717, 1.165) is 43.6 Å². The molecule has 0 spiro atoms. The SMILES string of the molecule is C.O=C1OC[C@H]2CN(Cc3ccc([C@H]4COc5cccnc5O4)cc3)CCN12.O=Cc1ccc([C@H]2COc3cccnc3O2)cc1. The first-order valence-electron chi connectivity index (χ1n) is 14.9. The first-order valence-corrected chi connectivity index (χ1v) is 14.9. The van der Waals surface area contributed by atoms with E-state index in [1.54, 1.807) is 30.6 Å². The lowest BCUT2D eigenvalue weighted by molar-refractivity contribution is 0.0850. The summed E-state index contributed by atoms with van der Waals surface area (Å²) in [6, 6.07) is 23.2. The third kappa shape index (κ3) is 6.74.